The SMILES string of the molecule is C[S@](=O)c1ccc(C(=O)NCCOc2ccc3ccccc3c2)cc1. The molecule has 3 aromatic carbocycles. The predicted molar refractivity (Wildman–Crippen MR) is 101 cm³/mol. The molecule has 0 saturated heterocycles. The van der Waals surface area contributed by atoms with Crippen LogP contribution in [-0.4, -0.2) is 29.5 Å². The maximum absolute atomic E-state index is 12.1. The molecule has 0 saturated carbocycles. The van der Waals surface area contributed by atoms with Crippen molar-refractivity contribution in [3.05, 3.63) is 72.3 Å². The minimum atomic E-state index is -1.04. The summed E-state index contributed by atoms with van der Waals surface area (Å²) in [6.45, 7) is 0.800. The number of nitrogens with one attached hydrogen (secondary N) is 1. The molecule has 0 radical (unpaired) electrons. The number of carbonyl (C=O) groups excluding carboxylic acids is 1. The molecule has 0 unspecified atom stereocenters. The fraction of sp³-hybridized carbons (Fsp3) is 0.150. The first-order valence-electron chi connectivity index (χ1n) is 7.97. The Bertz CT molecular complexity index is 906. The molecule has 0 spiro atoms. The van der Waals surface area contributed by atoms with Gasteiger partial charge in [0.1, 0.15) is 12.4 Å². The Labute approximate surface area is 149 Å². The van der Waals surface area contributed by atoms with Crippen LogP contribution < -0.4 is 10.1 Å². The van der Waals surface area contributed by atoms with E-state index in [4.69, 9.17) is 4.74 Å². The monoisotopic (exact) mass is 353 g/mol. The smallest absolute Gasteiger partial charge is 0.251 e. The van der Waals surface area contributed by atoms with Gasteiger partial charge in [-0.05, 0) is 47.2 Å². The topological polar surface area (TPSA) is 55.4 Å². The zero-order valence-electron chi connectivity index (χ0n) is 13.9. The van der Waals surface area contributed by atoms with Crippen molar-refractivity contribution in [2.24, 2.45) is 0 Å². The largest absolute Gasteiger partial charge is 0.492 e. The number of hydrogen-bond donors (Lipinski definition) is 1. The van der Waals surface area contributed by atoms with Crippen LogP contribution in [0.1, 0.15) is 10.4 Å². The number of benzene rings is 3. The molecule has 0 aromatic heterocycles. The van der Waals surface area contributed by atoms with Gasteiger partial charge in [-0.25, -0.2) is 0 Å². The minimum absolute atomic E-state index is 0.171. The summed E-state index contributed by atoms with van der Waals surface area (Å²) in [6, 6.07) is 20.8. The third kappa shape index (κ3) is 4.45. The molecule has 128 valence electrons. The summed E-state index contributed by atoms with van der Waals surface area (Å²) in [7, 11) is -1.04. The summed E-state index contributed by atoms with van der Waals surface area (Å²) in [6.07, 6.45) is 1.61. The molecule has 0 fully saturated rings. The van der Waals surface area contributed by atoms with Gasteiger partial charge in [0.05, 0.1) is 6.54 Å². The van der Waals surface area contributed by atoms with Crippen molar-refractivity contribution < 1.29 is 13.7 Å². The fourth-order valence-corrected chi connectivity index (χ4v) is 3.01. The van der Waals surface area contributed by atoms with E-state index in [1.807, 2.05) is 36.4 Å². The van der Waals surface area contributed by atoms with E-state index in [2.05, 4.69) is 11.4 Å². The van der Waals surface area contributed by atoms with Gasteiger partial charge in [0, 0.05) is 27.5 Å². The van der Waals surface area contributed by atoms with Crippen LogP contribution in [0.3, 0.4) is 0 Å². The average Bonchev–Trinajstić information content (AvgIpc) is 2.65. The predicted octanol–water partition coefficient (Wildman–Crippen LogP) is 3.39. The highest BCUT2D eigenvalue weighted by Crippen LogP contribution is 2.20. The normalized spacial score (nSPS) is 11.9. The van der Waals surface area contributed by atoms with Crippen LogP contribution in [0.15, 0.2) is 71.6 Å². The lowest BCUT2D eigenvalue weighted by atomic mass is 10.1. The van der Waals surface area contributed by atoms with Gasteiger partial charge in [0.15, 0.2) is 0 Å². The maximum atomic E-state index is 12.1. The van der Waals surface area contributed by atoms with E-state index in [0.29, 0.717) is 23.6 Å². The Kier molecular flexibility index (Phi) is 5.46. The molecule has 4 nitrogen and oxygen atoms in total. The van der Waals surface area contributed by atoms with E-state index in [1.54, 1.807) is 30.5 Å². The fourth-order valence-electron chi connectivity index (χ4n) is 2.49. The van der Waals surface area contributed by atoms with Crippen molar-refractivity contribution in [2.45, 2.75) is 4.90 Å². The van der Waals surface area contributed by atoms with Crippen LogP contribution in [-0.2, 0) is 10.8 Å². The van der Waals surface area contributed by atoms with Crippen molar-refractivity contribution in [3.8, 4) is 5.75 Å². The molecular formula is C20H19NO3S. The molecule has 5 heteroatoms. The van der Waals surface area contributed by atoms with E-state index in [9.17, 15) is 9.00 Å². The Balaban J connectivity index is 1.50. The Hall–Kier alpha value is -2.66. The van der Waals surface area contributed by atoms with E-state index in [0.717, 1.165) is 11.1 Å². The average molecular weight is 353 g/mol. The lowest BCUT2D eigenvalue weighted by Crippen LogP contribution is -2.28. The van der Waals surface area contributed by atoms with Crippen LogP contribution in [0.2, 0.25) is 0 Å². The van der Waals surface area contributed by atoms with Crippen molar-refractivity contribution in [2.75, 3.05) is 19.4 Å². The first kappa shape index (κ1) is 17.2. The van der Waals surface area contributed by atoms with Gasteiger partial charge < -0.3 is 10.1 Å². The number of hydrogen-bond acceptors (Lipinski definition) is 3. The zero-order valence-corrected chi connectivity index (χ0v) is 14.7. The number of carbonyl (C=O) groups is 1. The third-order valence-corrected chi connectivity index (χ3v) is 4.76. The van der Waals surface area contributed by atoms with E-state index in [-0.39, 0.29) is 5.91 Å². The lowest BCUT2D eigenvalue weighted by molar-refractivity contribution is 0.0947. The second-order valence-electron chi connectivity index (χ2n) is 5.59. The molecule has 0 heterocycles. The second-order valence-corrected chi connectivity index (χ2v) is 6.97. The number of fused-ring (bicyclic) bond motifs is 1. The number of ether oxygens (including phenoxy) is 1. The maximum Gasteiger partial charge on any atom is 0.251 e. The van der Waals surface area contributed by atoms with Crippen molar-refractivity contribution in [1.82, 2.24) is 5.32 Å². The van der Waals surface area contributed by atoms with E-state index in [1.165, 1.54) is 5.39 Å². The quantitative estimate of drug-likeness (QED) is 0.691. The summed E-state index contributed by atoms with van der Waals surface area (Å²) < 4.78 is 17.0. The molecular weight excluding hydrogens is 334 g/mol. The highest BCUT2D eigenvalue weighted by Gasteiger charge is 2.06. The highest BCUT2D eigenvalue weighted by molar-refractivity contribution is 7.84. The molecule has 0 bridgehead atoms. The summed E-state index contributed by atoms with van der Waals surface area (Å²) in [5.41, 5.74) is 0.542. The van der Waals surface area contributed by atoms with Gasteiger partial charge >= 0.3 is 0 Å². The Morgan fingerprint density at radius 3 is 2.44 bits per heavy atom. The summed E-state index contributed by atoms with van der Waals surface area (Å²) in [5.74, 6) is 0.610. The minimum Gasteiger partial charge on any atom is -0.492 e. The van der Waals surface area contributed by atoms with Crippen LogP contribution in [0, 0.1) is 0 Å². The molecule has 0 aliphatic heterocycles. The van der Waals surface area contributed by atoms with Gasteiger partial charge in [0.25, 0.3) is 5.91 Å². The van der Waals surface area contributed by atoms with Gasteiger partial charge in [-0.1, -0.05) is 30.3 Å². The zero-order chi connectivity index (χ0) is 17.6. The molecule has 3 aromatic rings. The first-order chi connectivity index (χ1) is 12.1. The first-order valence-corrected chi connectivity index (χ1v) is 9.52. The van der Waals surface area contributed by atoms with Crippen molar-refractivity contribution in [1.29, 1.82) is 0 Å². The molecule has 0 aliphatic carbocycles. The van der Waals surface area contributed by atoms with Gasteiger partial charge in [-0.15, -0.1) is 0 Å². The molecule has 1 amide bonds. The summed E-state index contributed by atoms with van der Waals surface area (Å²) in [5, 5.41) is 5.10. The number of rotatable bonds is 6. The van der Waals surface area contributed by atoms with Crippen molar-refractivity contribution >= 4 is 27.5 Å². The van der Waals surface area contributed by atoms with Crippen LogP contribution in [0.25, 0.3) is 10.8 Å². The lowest BCUT2D eigenvalue weighted by Gasteiger charge is -2.09. The number of amides is 1. The second kappa shape index (κ2) is 7.94. The summed E-state index contributed by atoms with van der Waals surface area (Å²) in [4.78, 5) is 12.8. The standard InChI is InChI=1S/C20H19NO3S/c1-25(23)19-10-7-16(8-11-19)20(22)21-12-13-24-18-9-6-15-4-2-3-5-17(15)14-18/h2-11,14H,12-13H2,1H3,(H,21,22)/t25-/m0/s1. The van der Waals surface area contributed by atoms with Gasteiger partial charge in [0.2, 0.25) is 0 Å². The molecule has 1 atom stereocenters. The molecule has 3 rings (SSSR count). The highest BCUT2D eigenvalue weighted by atomic mass is 32.2. The van der Waals surface area contributed by atoms with Crippen LogP contribution in [0.4, 0.5) is 0 Å². The van der Waals surface area contributed by atoms with E-state index >= 15 is 0 Å². The van der Waals surface area contributed by atoms with Gasteiger partial charge in [-0.3, -0.25) is 9.00 Å². The Morgan fingerprint density at radius 1 is 1.00 bits per heavy atom. The van der Waals surface area contributed by atoms with E-state index < -0.39 is 10.8 Å². The van der Waals surface area contributed by atoms with Crippen LogP contribution >= 0.6 is 0 Å². The molecule has 1 N–H and O–H groups in total. The Morgan fingerprint density at radius 2 is 1.72 bits per heavy atom. The summed E-state index contributed by atoms with van der Waals surface area (Å²) >= 11 is 0. The third-order valence-electron chi connectivity index (χ3n) is 3.83. The molecule has 25 heavy (non-hydrogen) atoms. The van der Waals surface area contributed by atoms with Crippen LogP contribution in [0.5, 0.6) is 5.75 Å². The molecule has 0 aliphatic rings. The van der Waals surface area contributed by atoms with Gasteiger partial charge in [-0.2, -0.15) is 0 Å². The van der Waals surface area contributed by atoms with Crippen molar-refractivity contribution in [3.63, 3.8) is 0 Å².